The number of rotatable bonds is 3. The number of halogens is 2. The van der Waals surface area contributed by atoms with Crippen LogP contribution >= 0.6 is 24.8 Å². The Bertz CT molecular complexity index is 385. The van der Waals surface area contributed by atoms with Gasteiger partial charge in [-0.1, -0.05) is 6.92 Å². The molecular formula is C13H22Cl2N2O2. The van der Waals surface area contributed by atoms with Crippen LogP contribution in [0.1, 0.15) is 24.9 Å². The Kier molecular flexibility index (Phi) is 8.18. The molecule has 1 aliphatic heterocycles. The van der Waals surface area contributed by atoms with Gasteiger partial charge < -0.3 is 15.5 Å². The summed E-state index contributed by atoms with van der Waals surface area (Å²) in [6, 6.07) is 4.94. The van der Waals surface area contributed by atoms with Gasteiger partial charge in [0, 0.05) is 37.8 Å². The largest absolute Gasteiger partial charge is 0.508 e. The second-order valence-electron chi connectivity index (χ2n) is 4.45. The van der Waals surface area contributed by atoms with Crippen molar-refractivity contribution < 1.29 is 10.2 Å². The number of nitrogens with zero attached hydrogens (tertiary/aromatic N) is 1. The van der Waals surface area contributed by atoms with Crippen molar-refractivity contribution in [2.24, 2.45) is 0 Å². The van der Waals surface area contributed by atoms with Gasteiger partial charge in [0.1, 0.15) is 11.5 Å². The van der Waals surface area contributed by atoms with Crippen LogP contribution < -0.4 is 5.32 Å². The number of hydrogen-bond acceptors (Lipinski definition) is 4. The lowest BCUT2D eigenvalue weighted by Gasteiger charge is -2.35. The van der Waals surface area contributed by atoms with Crippen molar-refractivity contribution in [1.82, 2.24) is 10.2 Å². The molecule has 0 aliphatic carbocycles. The number of hydrogen-bond donors (Lipinski definition) is 3. The molecule has 110 valence electrons. The predicted octanol–water partition coefficient (Wildman–Crippen LogP) is 2.30. The van der Waals surface area contributed by atoms with Gasteiger partial charge >= 0.3 is 0 Å². The summed E-state index contributed by atoms with van der Waals surface area (Å²) >= 11 is 0. The van der Waals surface area contributed by atoms with Gasteiger partial charge in [-0.05, 0) is 24.6 Å². The highest BCUT2D eigenvalue weighted by Gasteiger charge is 2.23. The van der Waals surface area contributed by atoms with Gasteiger partial charge in [-0.25, -0.2) is 0 Å². The summed E-state index contributed by atoms with van der Waals surface area (Å²) in [5, 5.41) is 22.8. The van der Waals surface area contributed by atoms with Crippen molar-refractivity contribution in [2.75, 3.05) is 26.2 Å². The number of piperazine rings is 1. The van der Waals surface area contributed by atoms with E-state index >= 15 is 0 Å². The molecule has 19 heavy (non-hydrogen) atoms. The molecule has 0 amide bonds. The van der Waals surface area contributed by atoms with E-state index in [9.17, 15) is 10.2 Å². The van der Waals surface area contributed by atoms with E-state index < -0.39 is 0 Å². The average Bonchev–Trinajstić information content (AvgIpc) is 2.36. The second kappa shape index (κ2) is 8.48. The minimum atomic E-state index is 0. The first-order valence-electron chi connectivity index (χ1n) is 6.19. The Labute approximate surface area is 126 Å². The minimum Gasteiger partial charge on any atom is -0.508 e. The molecule has 4 nitrogen and oxygen atoms in total. The zero-order chi connectivity index (χ0) is 12.3. The topological polar surface area (TPSA) is 55.7 Å². The van der Waals surface area contributed by atoms with Crippen LogP contribution in [0.2, 0.25) is 0 Å². The molecule has 0 bridgehead atoms. The van der Waals surface area contributed by atoms with E-state index in [0.29, 0.717) is 0 Å². The number of phenols is 2. The van der Waals surface area contributed by atoms with Crippen LogP contribution in [-0.2, 0) is 0 Å². The smallest absolute Gasteiger partial charge is 0.120 e. The van der Waals surface area contributed by atoms with E-state index in [1.165, 1.54) is 6.07 Å². The standard InChI is InChI=1S/C13H20N2O2.2ClH/c1-2-12(15-7-5-14-6-8-15)11-9-10(16)3-4-13(11)17;;/h3-4,9,12,14,16-17H,2,5-8H2,1H3;2*1H/t12-;;/m1../s1. The summed E-state index contributed by atoms with van der Waals surface area (Å²) in [7, 11) is 0. The normalized spacial score (nSPS) is 17.1. The van der Waals surface area contributed by atoms with E-state index in [4.69, 9.17) is 0 Å². The fourth-order valence-corrected chi connectivity index (χ4v) is 2.48. The summed E-state index contributed by atoms with van der Waals surface area (Å²) in [6.07, 6.45) is 0.928. The van der Waals surface area contributed by atoms with E-state index in [1.54, 1.807) is 12.1 Å². The van der Waals surface area contributed by atoms with Crippen molar-refractivity contribution in [3.8, 4) is 11.5 Å². The number of nitrogens with one attached hydrogen (secondary N) is 1. The van der Waals surface area contributed by atoms with Crippen LogP contribution in [0.5, 0.6) is 11.5 Å². The van der Waals surface area contributed by atoms with Crippen molar-refractivity contribution >= 4 is 24.8 Å². The Morgan fingerprint density at radius 1 is 1.21 bits per heavy atom. The molecule has 6 heteroatoms. The highest BCUT2D eigenvalue weighted by molar-refractivity contribution is 5.85. The first-order valence-corrected chi connectivity index (χ1v) is 6.19. The molecule has 1 saturated heterocycles. The van der Waals surface area contributed by atoms with Gasteiger partial charge in [-0.3, -0.25) is 4.90 Å². The highest BCUT2D eigenvalue weighted by atomic mass is 35.5. The molecule has 0 unspecified atom stereocenters. The van der Waals surface area contributed by atoms with E-state index in [1.807, 2.05) is 0 Å². The third-order valence-electron chi connectivity index (χ3n) is 3.35. The number of phenolic OH excluding ortho intramolecular Hbond substituents is 2. The van der Waals surface area contributed by atoms with E-state index in [-0.39, 0.29) is 42.4 Å². The monoisotopic (exact) mass is 308 g/mol. The van der Waals surface area contributed by atoms with Crippen LogP contribution in [0.15, 0.2) is 18.2 Å². The Morgan fingerprint density at radius 2 is 1.84 bits per heavy atom. The molecule has 0 spiro atoms. The van der Waals surface area contributed by atoms with Crippen LogP contribution in [-0.4, -0.2) is 41.3 Å². The summed E-state index contributed by atoms with van der Waals surface area (Å²) in [5.74, 6) is 0.486. The number of benzene rings is 1. The maximum atomic E-state index is 9.91. The summed E-state index contributed by atoms with van der Waals surface area (Å²) in [4.78, 5) is 2.35. The van der Waals surface area contributed by atoms with Gasteiger partial charge in [-0.2, -0.15) is 0 Å². The van der Waals surface area contributed by atoms with Crippen molar-refractivity contribution in [1.29, 1.82) is 0 Å². The maximum absolute atomic E-state index is 9.91. The van der Waals surface area contributed by atoms with Crippen LogP contribution in [0.3, 0.4) is 0 Å². The molecule has 0 saturated carbocycles. The SMILES string of the molecule is CC[C@H](c1cc(O)ccc1O)N1CCNCC1.Cl.Cl. The zero-order valence-corrected chi connectivity index (χ0v) is 12.6. The lowest BCUT2D eigenvalue weighted by molar-refractivity contribution is 0.166. The lowest BCUT2D eigenvalue weighted by atomic mass is 10.0. The third kappa shape index (κ3) is 4.42. The molecule has 0 aromatic heterocycles. The first kappa shape index (κ1) is 18.3. The third-order valence-corrected chi connectivity index (χ3v) is 3.35. The van der Waals surface area contributed by atoms with Crippen LogP contribution in [0.4, 0.5) is 0 Å². The molecule has 1 fully saturated rings. The second-order valence-corrected chi connectivity index (χ2v) is 4.45. The molecule has 1 aliphatic rings. The van der Waals surface area contributed by atoms with Gasteiger partial charge in [0.15, 0.2) is 0 Å². The van der Waals surface area contributed by atoms with Gasteiger partial charge in [0.2, 0.25) is 0 Å². The molecule has 1 atom stereocenters. The molecule has 2 rings (SSSR count). The summed E-state index contributed by atoms with van der Waals surface area (Å²) < 4.78 is 0. The van der Waals surface area contributed by atoms with Gasteiger partial charge in [0.05, 0.1) is 0 Å². The Hall–Kier alpha value is -0.680. The first-order chi connectivity index (χ1) is 8.22. The highest BCUT2D eigenvalue weighted by Crippen LogP contribution is 2.33. The van der Waals surface area contributed by atoms with Gasteiger partial charge in [0.25, 0.3) is 0 Å². The van der Waals surface area contributed by atoms with Crippen molar-refractivity contribution in [3.05, 3.63) is 23.8 Å². The van der Waals surface area contributed by atoms with E-state index in [2.05, 4.69) is 17.1 Å². The lowest BCUT2D eigenvalue weighted by Crippen LogP contribution is -2.45. The fourth-order valence-electron chi connectivity index (χ4n) is 2.48. The summed E-state index contributed by atoms with van der Waals surface area (Å²) in [6.45, 7) is 6.03. The molecule has 1 heterocycles. The van der Waals surface area contributed by atoms with Crippen molar-refractivity contribution in [3.63, 3.8) is 0 Å². The average molecular weight is 309 g/mol. The van der Waals surface area contributed by atoms with Crippen LogP contribution in [0, 0.1) is 0 Å². The quantitative estimate of drug-likeness (QED) is 0.750. The molecule has 1 aromatic carbocycles. The Balaban J connectivity index is 0.00000162. The van der Waals surface area contributed by atoms with Crippen molar-refractivity contribution in [2.45, 2.75) is 19.4 Å². The molecule has 3 N–H and O–H groups in total. The molecule has 0 radical (unpaired) electrons. The van der Waals surface area contributed by atoms with E-state index in [0.717, 1.165) is 38.2 Å². The maximum Gasteiger partial charge on any atom is 0.120 e. The molecular weight excluding hydrogens is 287 g/mol. The van der Waals surface area contributed by atoms with Gasteiger partial charge in [-0.15, -0.1) is 24.8 Å². The zero-order valence-electron chi connectivity index (χ0n) is 11.0. The summed E-state index contributed by atoms with van der Waals surface area (Å²) in [5.41, 5.74) is 0.828. The van der Waals surface area contributed by atoms with Crippen LogP contribution in [0.25, 0.3) is 0 Å². The number of aromatic hydroxyl groups is 2. The predicted molar refractivity (Wildman–Crippen MR) is 81.7 cm³/mol. The fraction of sp³-hybridized carbons (Fsp3) is 0.538. The molecule has 1 aromatic rings. The minimum absolute atomic E-state index is 0. The Morgan fingerprint density at radius 3 is 2.42 bits per heavy atom.